The molecule has 1 N–H and O–H groups in total. The van der Waals surface area contributed by atoms with E-state index in [-0.39, 0.29) is 0 Å². The van der Waals surface area contributed by atoms with Crippen molar-refractivity contribution in [1.29, 1.82) is 0 Å². The van der Waals surface area contributed by atoms with Crippen molar-refractivity contribution < 1.29 is 9.47 Å². The lowest BCUT2D eigenvalue weighted by Crippen LogP contribution is -1.95. The first-order valence-corrected chi connectivity index (χ1v) is 8.05. The molecular formula is C17H16N4O2S. The Morgan fingerprint density at radius 3 is 2.88 bits per heavy atom. The van der Waals surface area contributed by atoms with Crippen molar-refractivity contribution in [3.05, 3.63) is 53.7 Å². The van der Waals surface area contributed by atoms with Crippen LogP contribution in [-0.2, 0) is 0 Å². The van der Waals surface area contributed by atoms with Crippen LogP contribution < -0.4 is 14.9 Å². The maximum atomic E-state index is 5.31. The van der Waals surface area contributed by atoms with E-state index in [9.17, 15) is 0 Å². The summed E-state index contributed by atoms with van der Waals surface area (Å²) >= 11 is 1.48. The molecule has 24 heavy (non-hydrogen) atoms. The van der Waals surface area contributed by atoms with Crippen LogP contribution in [0.1, 0.15) is 5.56 Å². The summed E-state index contributed by atoms with van der Waals surface area (Å²) < 4.78 is 10.5. The third-order valence-corrected chi connectivity index (χ3v) is 4.01. The molecule has 2 aromatic heterocycles. The zero-order valence-electron chi connectivity index (χ0n) is 13.3. The smallest absolute Gasteiger partial charge is 0.203 e. The molecule has 0 aliphatic carbocycles. The predicted molar refractivity (Wildman–Crippen MR) is 96.1 cm³/mol. The third-order valence-electron chi connectivity index (χ3n) is 3.26. The average Bonchev–Trinajstić information content (AvgIpc) is 3.11. The number of hydrogen-bond acceptors (Lipinski definition) is 7. The fourth-order valence-electron chi connectivity index (χ4n) is 2.07. The van der Waals surface area contributed by atoms with Gasteiger partial charge in [-0.05, 0) is 30.3 Å². The molecule has 0 saturated heterocycles. The van der Waals surface area contributed by atoms with E-state index < -0.39 is 0 Å². The van der Waals surface area contributed by atoms with E-state index in [0.717, 1.165) is 28.3 Å². The first-order chi connectivity index (χ1) is 11.8. The molecule has 1 aromatic carbocycles. The van der Waals surface area contributed by atoms with E-state index in [2.05, 4.69) is 20.5 Å². The van der Waals surface area contributed by atoms with Crippen molar-refractivity contribution >= 4 is 22.7 Å². The van der Waals surface area contributed by atoms with Gasteiger partial charge in [-0.1, -0.05) is 0 Å². The Morgan fingerprint density at radius 2 is 2.12 bits per heavy atom. The minimum absolute atomic E-state index is 0.701. The second-order valence-electron chi connectivity index (χ2n) is 4.76. The summed E-state index contributed by atoms with van der Waals surface area (Å²) in [5.74, 6) is 1.46. The van der Waals surface area contributed by atoms with E-state index >= 15 is 0 Å². The normalized spacial score (nSPS) is 10.8. The van der Waals surface area contributed by atoms with Gasteiger partial charge in [-0.2, -0.15) is 5.10 Å². The number of thiazole rings is 1. The molecule has 0 spiro atoms. The predicted octanol–water partition coefficient (Wildman–Crippen LogP) is 3.67. The van der Waals surface area contributed by atoms with Crippen LogP contribution in [0.2, 0.25) is 0 Å². The number of nitrogens with one attached hydrogen (secondary N) is 1. The Kier molecular flexibility index (Phi) is 5.02. The number of rotatable bonds is 6. The van der Waals surface area contributed by atoms with Crippen molar-refractivity contribution in [2.45, 2.75) is 0 Å². The van der Waals surface area contributed by atoms with Crippen LogP contribution in [0.3, 0.4) is 0 Å². The summed E-state index contributed by atoms with van der Waals surface area (Å²) in [6, 6.07) is 9.38. The van der Waals surface area contributed by atoms with Crippen LogP contribution in [-0.4, -0.2) is 30.4 Å². The average molecular weight is 340 g/mol. The van der Waals surface area contributed by atoms with Gasteiger partial charge in [0.05, 0.1) is 26.1 Å². The fourth-order valence-corrected chi connectivity index (χ4v) is 2.74. The second-order valence-corrected chi connectivity index (χ2v) is 5.62. The van der Waals surface area contributed by atoms with Crippen LogP contribution >= 0.6 is 11.3 Å². The maximum absolute atomic E-state index is 5.31. The van der Waals surface area contributed by atoms with Crippen molar-refractivity contribution in [3.63, 3.8) is 0 Å². The third kappa shape index (κ3) is 3.69. The summed E-state index contributed by atoms with van der Waals surface area (Å²) in [4.78, 5) is 8.58. The lowest BCUT2D eigenvalue weighted by Gasteiger charge is -2.06. The van der Waals surface area contributed by atoms with Gasteiger partial charge in [0.1, 0.15) is 11.5 Å². The number of hydrogen-bond donors (Lipinski definition) is 1. The molecule has 0 bridgehead atoms. The lowest BCUT2D eigenvalue weighted by molar-refractivity contribution is 0.402. The molecule has 2 heterocycles. The molecule has 0 aliphatic rings. The van der Waals surface area contributed by atoms with Crippen molar-refractivity contribution in [1.82, 2.24) is 9.97 Å². The molecule has 7 heteroatoms. The number of aromatic nitrogens is 2. The quantitative estimate of drug-likeness (QED) is 0.548. The fraction of sp³-hybridized carbons (Fsp3) is 0.118. The Bertz CT molecular complexity index is 834. The molecule has 3 rings (SSSR count). The van der Waals surface area contributed by atoms with Crippen LogP contribution in [0.25, 0.3) is 11.3 Å². The molecule has 122 valence electrons. The second kappa shape index (κ2) is 7.56. The van der Waals surface area contributed by atoms with Gasteiger partial charge in [-0.25, -0.2) is 4.98 Å². The van der Waals surface area contributed by atoms with Crippen molar-refractivity contribution in [3.8, 4) is 22.8 Å². The summed E-state index contributed by atoms with van der Waals surface area (Å²) in [6.45, 7) is 0. The summed E-state index contributed by atoms with van der Waals surface area (Å²) in [6.07, 6.45) is 5.19. The summed E-state index contributed by atoms with van der Waals surface area (Å²) in [5.41, 5.74) is 5.58. The van der Waals surface area contributed by atoms with Crippen LogP contribution in [0.15, 0.2) is 53.2 Å². The van der Waals surface area contributed by atoms with E-state index in [0.29, 0.717) is 5.13 Å². The Hall–Kier alpha value is -2.93. The highest BCUT2D eigenvalue weighted by molar-refractivity contribution is 7.14. The highest BCUT2D eigenvalue weighted by atomic mass is 32.1. The molecule has 0 aliphatic heterocycles. The van der Waals surface area contributed by atoms with Crippen molar-refractivity contribution in [2.24, 2.45) is 5.10 Å². The molecule has 0 saturated carbocycles. The first kappa shape index (κ1) is 15.9. The molecule has 0 unspecified atom stereocenters. The molecular weight excluding hydrogens is 324 g/mol. The van der Waals surface area contributed by atoms with Gasteiger partial charge in [0.2, 0.25) is 5.13 Å². The Labute approximate surface area is 143 Å². The highest BCUT2D eigenvalue weighted by Gasteiger charge is 2.05. The number of ether oxygens (including phenoxy) is 2. The molecule has 0 radical (unpaired) electrons. The zero-order chi connectivity index (χ0) is 16.8. The van der Waals surface area contributed by atoms with Gasteiger partial charge < -0.3 is 9.47 Å². The van der Waals surface area contributed by atoms with Gasteiger partial charge >= 0.3 is 0 Å². The molecule has 3 aromatic rings. The van der Waals surface area contributed by atoms with E-state index in [1.54, 1.807) is 32.8 Å². The standard InChI is InChI=1S/C17H16N4O2S/c1-22-14-5-6-16(23-2)13(8-14)10-19-21-17-20-15(11-24-17)12-4-3-7-18-9-12/h3-11H,1-2H3,(H,20,21)/b19-10-. The van der Waals surface area contributed by atoms with Crippen LogP contribution in [0.5, 0.6) is 11.5 Å². The molecule has 6 nitrogen and oxygen atoms in total. The lowest BCUT2D eigenvalue weighted by atomic mass is 10.2. The van der Waals surface area contributed by atoms with Gasteiger partial charge in [-0.3, -0.25) is 10.4 Å². The number of pyridine rings is 1. The van der Waals surface area contributed by atoms with Gasteiger partial charge in [-0.15, -0.1) is 11.3 Å². The number of benzene rings is 1. The molecule has 0 atom stereocenters. The minimum Gasteiger partial charge on any atom is -0.497 e. The van der Waals surface area contributed by atoms with E-state index in [1.165, 1.54) is 11.3 Å². The highest BCUT2D eigenvalue weighted by Crippen LogP contribution is 2.25. The summed E-state index contributed by atoms with van der Waals surface area (Å²) in [7, 11) is 3.24. The van der Waals surface area contributed by atoms with Gasteiger partial charge in [0, 0.05) is 28.9 Å². The van der Waals surface area contributed by atoms with E-state index in [1.807, 2.05) is 35.7 Å². The number of anilines is 1. The number of hydrazone groups is 1. The monoisotopic (exact) mass is 340 g/mol. The van der Waals surface area contributed by atoms with E-state index in [4.69, 9.17) is 9.47 Å². The first-order valence-electron chi connectivity index (χ1n) is 7.17. The topological polar surface area (TPSA) is 68.6 Å². The molecule has 0 amide bonds. The number of methoxy groups -OCH3 is 2. The van der Waals surface area contributed by atoms with Crippen LogP contribution in [0, 0.1) is 0 Å². The SMILES string of the molecule is COc1ccc(OC)c(/C=N\Nc2nc(-c3cccnc3)cs2)c1. The van der Waals surface area contributed by atoms with Gasteiger partial charge in [0.15, 0.2) is 0 Å². The summed E-state index contributed by atoms with van der Waals surface area (Å²) in [5, 5.41) is 6.88. The van der Waals surface area contributed by atoms with Crippen LogP contribution in [0.4, 0.5) is 5.13 Å². The van der Waals surface area contributed by atoms with Crippen molar-refractivity contribution in [2.75, 3.05) is 19.6 Å². The largest absolute Gasteiger partial charge is 0.497 e. The Morgan fingerprint density at radius 1 is 1.21 bits per heavy atom. The zero-order valence-corrected chi connectivity index (χ0v) is 14.1. The maximum Gasteiger partial charge on any atom is 0.203 e. The molecule has 0 fully saturated rings. The Balaban J connectivity index is 1.72. The minimum atomic E-state index is 0.701. The van der Waals surface area contributed by atoms with Gasteiger partial charge in [0.25, 0.3) is 0 Å². The number of nitrogens with zero attached hydrogens (tertiary/aromatic N) is 3.